The summed E-state index contributed by atoms with van der Waals surface area (Å²) < 4.78 is 12.2. The minimum Gasteiger partial charge on any atom is -0.438 e. The Morgan fingerprint density at radius 3 is 1.44 bits per heavy atom. The maximum Gasteiger partial charge on any atom is 0.231 e. The number of thiophene rings is 1. The van der Waals surface area contributed by atoms with Crippen LogP contribution < -0.4 is 0 Å². The van der Waals surface area contributed by atoms with Crippen LogP contribution in [0.1, 0.15) is 55.5 Å². The molecule has 104 heavy (non-hydrogen) atoms. The molecule has 20 aromatic rings. The quantitative estimate of drug-likeness (QED) is 0.164. The second-order valence-electron chi connectivity index (χ2n) is 28.7. The molecule has 0 fully saturated rings. The molecule has 0 N–H and O–H groups in total. The topological polar surface area (TPSA) is 98.4 Å². The van der Waals surface area contributed by atoms with Gasteiger partial charge in [-0.2, -0.15) is 10.2 Å². The third-order valence-electron chi connectivity index (χ3n) is 22.3. The first-order chi connectivity index (χ1) is 51.0. The molecule has 488 valence electrons. The zero-order valence-electron chi connectivity index (χ0n) is 57.2. The maximum absolute atomic E-state index is 10.8. The van der Waals surface area contributed by atoms with Crippen molar-refractivity contribution in [3.8, 4) is 85.0 Å². The molecular weight excluding hydrogens is 1290 g/mol. The number of fused-ring (bicyclic) bond motifs is 20. The Bertz CT molecular complexity index is 7140. The van der Waals surface area contributed by atoms with Gasteiger partial charge in [0.1, 0.15) is 16.5 Å². The average Bonchev–Trinajstić information content (AvgIpc) is 1.58. The minimum atomic E-state index is -0.162. The number of rotatable bonds is 6. The van der Waals surface area contributed by atoms with Crippen molar-refractivity contribution < 1.29 is 4.42 Å². The Morgan fingerprint density at radius 1 is 0.356 bits per heavy atom. The van der Waals surface area contributed by atoms with E-state index in [9.17, 15) is 5.26 Å². The molecule has 0 unspecified atom stereocenters. The molecule has 0 atom stereocenters. The summed E-state index contributed by atoms with van der Waals surface area (Å²) in [4.78, 5) is 22.0. The third-order valence-corrected chi connectivity index (χ3v) is 23.3. The third kappa shape index (κ3) is 8.89. The summed E-state index contributed by atoms with van der Waals surface area (Å²) in [6.07, 6.45) is 0. The number of para-hydroxylation sites is 3. The van der Waals surface area contributed by atoms with Crippen LogP contribution in [0, 0.1) is 11.3 Å². The normalized spacial score (nSPS) is 13.3. The molecule has 2 aliphatic carbocycles. The lowest BCUT2D eigenvalue weighted by atomic mass is 9.82. The smallest absolute Gasteiger partial charge is 0.231 e. The van der Waals surface area contributed by atoms with Gasteiger partial charge in [-0.15, -0.1) is 11.3 Å². The maximum atomic E-state index is 10.8. The summed E-state index contributed by atoms with van der Waals surface area (Å²) in [6, 6.07) is 108. The van der Waals surface area contributed by atoms with Crippen molar-refractivity contribution >= 4 is 119 Å². The molecule has 0 amide bonds. The van der Waals surface area contributed by atoms with Gasteiger partial charge >= 0.3 is 0 Å². The SMILES string of the molecule is CC1(C)c2ccccc2-c2ccc(-c3nc(-c4ccc(-n5c6ccccc6c6cc7ccccc7cc65)c(C#N)c4)c4c(n3)oc3ccccc34)cc21.CC1(C)c2ccccc2-c2ccc(-c3nc(-c4ccc(-n5c6ccccc6c6cc7ccccc7cc65)cc4)c4c(n3)sc3ccccc34)cc21. The fourth-order valence-corrected chi connectivity index (χ4v) is 18.3. The first kappa shape index (κ1) is 59.7. The van der Waals surface area contributed by atoms with Crippen LogP contribution in [0.15, 0.2) is 302 Å². The van der Waals surface area contributed by atoms with E-state index in [1.54, 1.807) is 11.3 Å². The van der Waals surface area contributed by atoms with Gasteiger partial charge in [0.15, 0.2) is 11.6 Å². The van der Waals surface area contributed by atoms with Gasteiger partial charge in [0.05, 0.1) is 50.1 Å². The Hall–Kier alpha value is -13.1. The number of benzene rings is 14. The molecule has 22 rings (SSSR count). The predicted octanol–water partition coefficient (Wildman–Crippen LogP) is 24.9. The average molecular weight is 1350 g/mol. The van der Waals surface area contributed by atoms with Crippen LogP contribution in [0.4, 0.5) is 0 Å². The summed E-state index contributed by atoms with van der Waals surface area (Å²) in [5, 5.41) is 24.5. The zero-order valence-corrected chi connectivity index (χ0v) is 58.1. The van der Waals surface area contributed by atoms with E-state index in [2.05, 4.69) is 310 Å². The van der Waals surface area contributed by atoms with E-state index < -0.39 is 0 Å². The van der Waals surface area contributed by atoms with E-state index in [1.807, 2.05) is 30.3 Å². The van der Waals surface area contributed by atoms with Crippen LogP contribution in [0.3, 0.4) is 0 Å². The van der Waals surface area contributed by atoms with Crippen molar-refractivity contribution in [3.05, 3.63) is 325 Å². The highest BCUT2D eigenvalue weighted by atomic mass is 32.1. The van der Waals surface area contributed by atoms with Gasteiger partial charge in [0.25, 0.3) is 0 Å². The number of hydrogen-bond acceptors (Lipinski definition) is 7. The summed E-state index contributed by atoms with van der Waals surface area (Å²) in [5.41, 5.74) is 24.0. The molecule has 14 aromatic carbocycles. The summed E-state index contributed by atoms with van der Waals surface area (Å²) in [5.74, 6) is 1.34. The molecule has 8 nitrogen and oxygen atoms in total. The number of aromatic nitrogens is 6. The summed E-state index contributed by atoms with van der Waals surface area (Å²) in [6.45, 7) is 9.20. The first-order valence-electron chi connectivity index (χ1n) is 35.4. The highest BCUT2D eigenvalue weighted by Crippen LogP contribution is 2.52. The van der Waals surface area contributed by atoms with E-state index in [1.165, 1.54) is 92.6 Å². The van der Waals surface area contributed by atoms with Crippen molar-refractivity contribution in [1.29, 1.82) is 5.26 Å². The molecule has 0 saturated heterocycles. The van der Waals surface area contributed by atoms with Crippen LogP contribution >= 0.6 is 11.3 Å². The van der Waals surface area contributed by atoms with Gasteiger partial charge < -0.3 is 13.6 Å². The van der Waals surface area contributed by atoms with Crippen molar-refractivity contribution in [1.82, 2.24) is 29.1 Å². The Morgan fingerprint density at radius 2 is 0.827 bits per heavy atom. The largest absolute Gasteiger partial charge is 0.438 e. The fourth-order valence-electron chi connectivity index (χ4n) is 17.2. The lowest BCUT2D eigenvalue weighted by Gasteiger charge is -2.21. The van der Waals surface area contributed by atoms with Crippen molar-refractivity contribution in [3.63, 3.8) is 0 Å². The molecule has 6 aromatic heterocycles. The Kier molecular flexibility index (Phi) is 12.9. The molecule has 9 heteroatoms. The number of nitriles is 1. The zero-order chi connectivity index (χ0) is 69.3. The molecular formula is C95H61N7OS. The van der Waals surface area contributed by atoms with Gasteiger partial charge in [-0.1, -0.05) is 240 Å². The van der Waals surface area contributed by atoms with E-state index in [0.29, 0.717) is 17.1 Å². The van der Waals surface area contributed by atoms with E-state index in [0.717, 1.165) is 105 Å². The monoisotopic (exact) mass is 1350 g/mol. The van der Waals surface area contributed by atoms with Crippen molar-refractivity contribution in [2.75, 3.05) is 0 Å². The molecule has 2 aliphatic rings. The summed E-state index contributed by atoms with van der Waals surface area (Å²) in [7, 11) is 0. The molecule has 0 bridgehead atoms. The second kappa shape index (κ2) is 22.4. The van der Waals surface area contributed by atoms with Gasteiger partial charge in [-0.3, -0.25) is 0 Å². The van der Waals surface area contributed by atoms with E-state index >= 15 is 0 Å². The van der Waals surface area contributed by atoms with Crippen molar-refractivity contribution in [2.24, 2.45) is 0 Å². The lowest BCUT2D eigenvalue weighted by Crippen LogP contribution is -2.15. The van der Waals surface area contributed by atoms with Crippen LogP contribution in [-0.4, -0.2) is 29.1 Å². The van der Waals surface area contributed by atoms with Gasteiger partial charge in [0.2, 0.25) is 5.71 Å². The van der Waals surface area contributed by atoms with E-state index in [4.69, 9.17) is 24.4 Å². The van der Waals surface area contributed by atoms with Gasteiger partial charge in [-0.25, -0.2) is 15.0 Å². The fraction of sp³-hybridized carbons (Fsp3) is 0.0632. The number of hydrogen-bond donors (Lipinski definition) is 0. The van der Waals surface area contributed by atoms with Crippen molar-refractivity contribution in [2.45, 2.75) is 38.5 Å². The highest BCUT2D eigenvalue weighted by Gasteiger charge is 2.37. The van der Waals surface area contributed by atoms with Crippen LogP contribution in [0.5, 0.6) is 0 Å². The molecule has 6 heterocycles. The Labute approximate surface area is 602 Å². The van der Waals surface area contributed by atoms with Gasteiger partial charge in [-0.05, 0) is 151 Å². The molecule has 0 spiro atoms. The van der Waals surface area contributed by atoms with E-state index in [-0.39, 0.29) is 10.8 Å². The minimum absolute atomic E-state index is 0.0958. The summed E-state index contributed by atoms with van der Waals surface area (Å²) >= 11 is 1.74. The molecule has 0 aliphatic heterocycles. The second-order valence-corrected chi connectivity index (χ2v) is 29.8. The van der Waals surface area contributed by atoms with Gasteiger partial charge in [0, 0.05) is 81.2 Å². The Balaban J connectivity index is 0.000000134. The lowest BCUT2D eigenvalue weighted by molar-refractivity contribution is 0.653. The molecule has 0 radical (unpaired) electrons. The number of nitrogens with zero attached hydrogens (tertiary/aromatic N) is 7. The molecule has 0 saturated carbocycles. The van der Waals surface area contributed by atoms with Crippen LogP contribution in [0.2, 0.25) is 0 Å². The van der Waals surface area contributed by atoms with Crippen LogP contribution in [-0.2, 0) is 10.8 Å². The predicted molar refractivity (Wildman–Crippen MR) is 430 cm³/mol. The highest BCUT2D eigenvalue weighted by molar-refractivity contribution is 7.25. The standard InChI is InChI=1S/C48H30N4O.C47H31N3S/c1-48(2)38-16-8-5-13-33(38)34-21-19-31(25-39(34)48)46-50-45(44-36-15-7-10-18-43(36)53-47(44)51-46)30-20-22-40(32(23-30)27-49)52-41-17-9-6-14-35(41)37-24-28-11-3-4-12-29(28)26-42(37)52;1-47(2)38-16-8-5-13-33(38)34-24-21-31(26-39(34)47)45-48-44(43-36-15-7-10-18-42(36)51-46(43)49-45)28-19-22-32(23-20-28)50-40-17-9-6-14-35(40)37-25-29-11-3-4-12-30(29)27-41(37)50/h3-26H,1-2H3;3-27H,1-2H3. The van der Waals surface area contributed by atoms with Crippen LogP contribution in [0.25, 0.3) is 186 Å². The number of furan rings is 1. The first-order valence-corrected chi connectivity index (χ1v) is 36.2.